The van der Waals surface area contributed by atoms with Crippen LogP contribution in [0.3, 0.4) is 0 Å². The predicted molar refractivity (Wildman–Crippen MR) is 162 cm³/mol. The van der Waals surface area contributed by atoms with E-state index in [9.17, 15) is 0 Å². The quantitative estimate of drug-likeness (QED) is 0.278. The van der Waals surface area contributed by atoms with E-state index in [-0.39, 0.29) is 0 Å². The van der Waals surface area contributed by atoms with Gasteiger partial charge in [0, 0.05) is 20.7 Å². The molecule has 4 aromatic carbocycles. The van der Waals surface area contributed by atoms with E-state index in [1.165, 1.54) is 0 Å². The molecule has 0 aliphatic heterocycles. The van der Waals surface area contributed by atoms with Gasteiger partial charge in [0.05, 0.1) is 28.4 Å². The van der Waals surface area contributed by atoms with Crippen LogP contribution >= 0.6 is 0 Å². The van der Waals surface area contributed by atoms with E-state index in [4.69, 9.17) is 23.1 Å². The van der Waals surface area contributed by atoms with Crippen LogP contribution in [0.15, 0.2) is 72.8 Å². The summed E-state index contributed by atoms with van der Waals surface area (Å²) in [6, 6.07) is 25.0. The van der Waals surface area contributed by atoms with Gasteiger partial charge in [-0.3, -0.25) is 0 Å². The normalized spacial score (nSPS) is 11.1. The molecule has 0 heterocycles. The zero-order chi connectivity index (χ0) is 28.1. The molecule has 0 amide bonds. The molecular formula is C32H36O5Si2. The van der Waals surface area contributed by atoms with Crippen molar-refractivity contribution in [3.8, 4) is 23.0 Å². The van der Waals surface area contributed by atoms with E-state index in [1.54, 1.807) is 28.4 Å². The molecule has 5 nitrogen and oxygen atoms in total. The van der Waals surface area contributed by atoms with Crippen LogP contribution in [-0.4, -0.2) is 46.5 Å². The third kappa shape index (κ3) is 6.22. The number of methoxy groups -OCH3 is 4. The zero-order valence-electron chi connectivity index (χ0n) is 24.0. The van der Waals surface area contributed by atoms with Gasteiger partial charge in [0.1, 0.15) is 23.0 Å². The molecular weight excluding hydrogens is 521 g/mol. The molecule has 0 unspecified atom stereocenters. The van der Waals surface area contributed by atoms with Crippen LogP contribution in [-0.2, 0) is 4.12 Å². The Hall–Kier alpha value is -3.53. The molecule has 2 radical (unpaired) electrons. The van der Waals surface area contributed by atoms with E-state index in [1.807, 2.05) is 24.3 Å². The fourth-order valence-electron chi connectivity index (χ4n) is 4.61. The highest BCUT2D eigenvalue weighted by molar-refractivity contribution is 6.93. The van der Waals surface area contributed by atoms with E-state index in [2.05, 4.69) is 76.2 Å². The van der Waals surface area contributed by atoms with Crippen LogP contribution in [0.1, 0.15) is 22.3 Å². The number of rotatable bonds is 10. The first-order valence-corrected chi connectivity index (χ1v) is 15.6. The van der Waals surface area contributed by atoms with Gasteiger partial charge in [0.15, 0.2) is 0 Å². The number of aryl methyl sites for hydroxylation is 4. The largest absolute Gasteiger partial charge is 0.497 e. The van der Waals surface area contributed by atoms with Crippen molar-refractivity contribution in [1.29, 1.82) is 0 Å². The predicted octanol–water partition coefficient (Wildman–Crippen LogP) is 3.88. The van der Waals surface area contributed by atoms with Gasteiger partial charge < -0.3 is 23.1 Å². The molecule has 0 saturated heterocycles. The Balaban J connectivity index is 2.03. The summed E-state index contributed by atoms with van der Waals surface area (Å²) >= 11 is 0. The lowest BCUT2D eigenvalue weighted by Gasteiger charge is -2.28. The fraction of sp³-hybridized carbons (Fsp3) is 0.250. The van der Waals surface area contributed by atoms with Gasteiger partial charge in [0.2, 0.25) is 0 Å². The first-order chi connectivity index (χ1) is 18.8. The van der Waals surface area contributed by atoms with Crippen LogP contribution in [0.25, 0.3) is 0 Å². The molecule has 0 fully saturated rings. The summed E-state index contributed by atoms with van der Waals surface area (Å²) in [6.45, 7) is 8.37. The maximum atomic E-state index is 7.47. The lowest BCUT2D eigenvalue weighted by atomic mass is 10.2. The third-order valence-electron chi connectivity index (χ3n) is 6.60. The van der Waals surface area contributed by atoms with Gasteiger partial charge in [-0.2, -0.15) is 0 Å². The molecule has 0 spiro atoms. The van der Waals surface area contributed by atoms with Gasteiger partial charge in [-0.1, -0.05) is 70.8 Å². The van der Waals surface area contributed by atoms with Gasteiger partial charge in [-0.05, 0) is 52.0 Å². The average Bonchev–Trinajstić information content (AvgIpc) is 2.93. The molecule has 0 aromatic heterocycles. The number of hydrogen-bond donors (Lipinski definition) is 0. The summed E-state index contributed by atoms with van der Waals surface area (Å²) in [5.74, 6) is 3.19. The van der Waals surface area contributed by atoms with E-state index >= 15 is 0 Å². The second-order valence-corrected chi connectivity index (χ2v) is 13.9. The van der Waals surface area contributed by atoms with Crippen molar-refractivity contribution < 1.29 is 23.1 Å². The van der Waals surface area contributed by atoms with Crippen LogP contribution in [0, 0.1) is 27.7 Å². The average molecular weight is 557 g/mol. The molecule has 0 bridgehead atoms. The van der Waals surface area contributed by atoms with Crippen molar-refractivity contribution in [3.05, 3.63) is 95.1 Å². The summed E-state index contributed by atoms with van der Waals surface area (Å²) in [5.41, 5.74) is 4.55. The van der Waals surface area contributed by atoms with Gasteiger partial charge in [0.25, 0.3) is 18.1 Å². The van der Waals surface area contributed by atoms with Crippen LogP contribution in [0.2, 0.25) is 0 Å². The molecule has 7 heteroatoms. The highest BCUT2D eigenvalue weighted by atomic mass is 28.4. The van der Waals surface area contributed by atoms with Gasteiger partial charge in [-0.15, -0.1) is 0 Å². The second kappa shape index (κ2) is 12.6. The van der Waals surface area contributed by atoms with E-state index < -0.39 is 18.1 Å². The van der Waals surface area contributed by atoms with E-state index in [0.29, 0.717) is 0 Å². The Bertz CT molecular complexity index is 1240. The van der Waals surface area contributed by atoms with Crippen molar-refractivity contribution >= 4 is 38.8 Å². The minimum Gasteiger partial charge on any atom is -0.497 e. The molecule has 0 N–H and O–H groups in total. The van der Waals surface area contributed by atoms with Crippen LogP contribution < -0.4 is 39.7 Å². The number of hydrogen-bond acceptors (Lipinski definition) is 5. The van der Waals surface area contributed by atoms with Gasteiger partial charge in [-0.25, -0.2) is 0 Å². The zero-order valence-corrected chi connectivity index (χ0v) is 26.0. The minimum atomic E-state index is -1.91. The van der Waals surface area contributed by atoms with Gasteiger partial charge >= 0.3 is 0 Å². The Morgan fingerprint density at radius 1 is 0.385 bits per heavy atom. The summed E-state index contributed by atoms with van der Waals surface area (Å²) in [4.78, 5) is 0. The number of benzene rings is 4. The highest BCUT2D eigenvalue weighted by Crippen LogP contribution is 2.20. The first-order valence-electron chi connectivity index (χ1n) is 12.8. The molecule has 4 aromatic rings. The molecule has 0 aliphatic carbocycles. The van der Waals surface area contributed by atoms with Crippen LogP contribution in [0.5, 0.6) is 23.0 Å². The van der Waals surface area contributed by atoms with Crippen molar-refractivity contribution in [2.24, 2.45) is 0 Å². The molecule has 0 aliphatic rings. The topological polar surface area (TPSA) is 46.2 Å². The van der Waals surface area contributed by atoms with Crippen molar-refractivity contribution in [3.63, 3.8) is 0 Å². The molecule has 0 saturated carbocycles. The van der Waals surface area contributed by atoms with Crippen LogP contribution in [0.4, 0.5) is 0 Å². The fourth-order valence-corrected chi connectivity index (χ4v) is 10.8. The summed E-state index contributed by atoms with van der Waals surface area (Å²) in [7, 11) is 3.01. The smallest absolute Gasteiger partial charge is 0.280 e. The maximum absolute atomic E-state index is 7.47. The SMILES string of the molecule is COc1ccc(C)cc1[Si](O[Si](c1cc(C)ccc1OC)c1cc(C)ccc1OC)c1cc(C)ccc1OC. The Morgan fingerprint density at radius 2 is 0.615 bits per heavy atom. The standard InChI is InChI=1S/C32H36O5Si2/c1-21-9-13-25(33-5)29(17-21)38(30-18-22(2)10-14-26(30)34-6)37-39(31-19-23(3)11-15-27(31)35-7)32-20-24(4)12-16-28(32)36-8/h9-20H,1-8H3. The van der Waals surface area contributed by atoms with Crippen molar-refractivity contribution in [2.75, 3.05) is 28.4 Å². The summed E-state index contributed by atoms with van der Waals surface area (Å²) in [5, 5.41) is 4.14. The number of ether oxygens (including phenoxy) is 4. The Morgan fingerprint density at radius 3 is 0.821 bits per heavy atom. The first kappa shape index (κ1) is 28.5. The molecule has 0 atom stereocenters. The minimum absolute atomic E-state index is 0.798. The maximum Gasteiger partial charge on any atom is 0.280 e. The highest BCUT2D eigenvalue weighted by Gasteiger charge is 2.35. The van der Waals surface area contributed by atoms with Crippen molar-refractivity contribution in [1.82, 2.24) is 0 Å². The summed E-state index contributed by atoms with van der Waals surface area (Å²) < 4.78 is 31.0. The Labute approximate surface area is 235 Å². The monoisotopic (exact) mass is 556 g/mol. The molecule has 4 rings (SSSR count). The lowest BCUT2D eigenvalue weighted by molar-refractivity contribution is 0.414. The van der Waals surface area contributed by atoms with Crippen molar-refractivity contribution in [2.45, 2.75) is 27.7 Å². The molecule has 202 valence electrons. The van der Waals surface area contributed by atoms with E-state index in [0.717, 1.165) is 66.0 Å². The summed E-state index contributed by atoms with van der Waals surface area (Å²) in [6.07, 6.45) is 0. The lowest BCUT2D eigenvalue weighted by Crippen LogP contribution is -2.57. The Kier molecular flexibility index (Phi) is 9.17. The second-order valence-electron chi connectivity index (χ2n) is 9.58. The third-order valence-corrected chi connectivity index (χ3v) is 11.8. The molecule has 39 heavy (non-hydrogen) atoms.